The predicted octanol–water partition coefficient (Wildman–Crippen LogP) is 0.545. The van der Waals surface area contributed by atoms with Gasteiger partial charge in [0.1, 0.15) is 13.2 Å². The number of carbonyl (C=O) groups excluding carboxylic acids is 3. The number of rotatable bonds is 4. The third-order valence-electron chi connectivity index (χ3n) is 5.13. The first-order valence-electron chi connectivity index (χ1n) is 8.49. The summed E-state index contributed by atoms with van der Waals surface area (Å²) in [6.45, 7) is 2.26. The molecule has 4 aliphatic heterocycles. The molecule has 8 nitrogen and oxygen atoms in total. The Kier molecular flexibility index (Phi) is 4.32. The Labute approximate surface area is 149 Å². The number of ether oxygens (including phenoxy) is 1. The molecule has 0 radical (unpaired) electrons. The average molecular weight is 364 g/mol. The summed E-state index contributed by atoms with van der Waals surface area (Å²) >= 11 is 1.52. The lowest BCUT2D eigenvalue weighted by Gasteiger charge is -2.35. The molecule has 0 aromatic carbocycles. The van der Waals surface area contributed by atoms with E-state index in [2.05, 4.69) is 4.98 Å². The fourth-order valence-corrected chi connectivity index (χ4v) is 4.32. The van der Waals surface area contributed by atoms with Gasteiger partial charge in [-0.1, -0.05) is 0 Å². The molecule has 2 bridgehead atoms. The van der Waals surface area contributed by atoms with Crippen LogP contribution in [0.15, 0.2) is 10.9 Å². The Morgan fingerprint density at radius 3 is 2.92 bits per heavy atom. The minimum atomic E-state index is -0.438. The zero-order valence-electron chi connectivity index (χ0n) is 13.8. The molecule has 0 N–H and O–H groups in total. The van der Waals surface area contributed by atoms with Crippen LogP contribution in [0, 0.1) is 5.92 Å². The molecule has 5 heterocycles. The first-order valence-corrected chi connectivity index (χ1v) is 9.43. The van der Waals surface area contributed by atoms with Gasteiger partial charge in [0.25, 0.3) is 0 Å². The molecule has 4 aliphatic rings. The molecular weight excluding hydrogens is 344 g/mol. The molecule has 0 saturated carbocycles. The monoisotopic (exact) mass is 364 g/mol. The summed E-state index contributed by atoms with van der Waals surface area (Å²) in [4.78, 5) is 46.3. The molecule has 134 valence electrons. The summed E-state index contributed by atoms with van der Waals surface area (Å²) in [6.07, 6.45) is 1.27. The van der Waals surface area contributed by atoms with Crippen LogP contribution in [0.25, 0.3) is 0 Å². The van der Waals surface area contributed by atoms with Gasteiger partial charge < -0.3 is 14.5 Å². The second-order valence-corrected chi connectivity index (χ2v) is 7.43. The fourth-order valence-electron chi connectivity index (χ4n) is 3.77. The molecule has 9 heteroatoms. The topological polar surface area (TPSA) is 83.1 Å². The number of thiazole rings is 1. The normalized spacial score (nSPS) is 26.2. The van der Waals surface area contributed by atoms with Crippen LogP contribution in [0.4, 0.5) is 4.79 Å². The van der Waals surface area contributed by atoms with Crippen LogP contribution in [0.5, 0.6) is 0 Å². The Hall–Kier alpha value is -2.16. The van der Waals surface area contributed by atoms with Gasteiger partial charge >= 0.3 is 6.09 Å². The number of piperidine rings is 1. The number of cyclic esters (lactones) is 1. The smallest absolute Gasteiger partial charge is 0.410 e. The van der Waals surface area contributed by atoms with Crippen LogP contribution in [0.3, 0.4) is 0 Å². The van der Waals surface area contributed by atoms with E-state index >= 15 is 0 Å². The van der Waals surface area contributed by atoms with Gasteiger partial charge in [-0.05, 0) is 12.8 Å². The van der Waals surface area contributed by atoms with Gasteiger partial charge in [-0.25, -0.2) is 9.78 Å². The summed E-state index contributed by atoms with van der Waals surface area (Å²) in [5, 5.41) is 1.95. The van der Waals surface area contributed by atoms with Crippen molar-refractivity contribution in [2.75, 3.05) is 32.8 Å². The third-order valence-corrected chi connectivity index (χ3v) is 5.77. The Bertz CT molecular complexity index is 680. The van der Waals surface area contributed by atoms with Crippen LogP contribution in [-0.2, 0) is 20.9 Å². The lowest BCUT2D eigenvalue weighted by molar-refractivity contribution is -0.140. The third kappa shape index (κ3) is 3.20. The highest BCUT2D eigenvalue weighted by Crippen LogP contribution is 2.30. The zero-order valence-corrected chi connectivity index (χ0v) is 14.6. The van der Waals surface area contributed by atoms with E-state index in [-0.39, 0.29) is 30.3 Å². The maximum Gasteiger partial charge on any atom is 0.410 e. The van der Waals surface area contributed by atoms with Crippen LogP contribution >= 0.6 is 11.3 Å². The summed E-state index contributed by atoms with van der Waals surface area (Å²) in [5.41, 5.74) is 2.66. The number of nitrogens with zero attached hydrogens (tertiary/aromatic N) is 4. The van der Waals surface area contributed by atoms with Crippen molar-refractivity contribution in [1.82, 2.24) is 19.7 Å². The van der Waals surface area contributed by atoms with E-state index in [9.17, 15) is 14.4 Å². The zero-order chi connectivity index (χ0) is 17.4. The van der Waals surface area contributed by atoms with E-state index in [1.165, 1.54) is 16.2 Å². The van der Waals surface area contributed by atoms with E-state index in [1.807, 2.05) is 10.3 Å². The van der Waals surface area contributed by atoms with Crippen molar-refractivity contribution in [1.29, 1.82) is 0 Å². The van der Waals surface area contributed by atoms with E-state index in [0.717, 1.165) is 18.5 Å². The molecule has 0 spiro atoms. The van der Waals surface area contributed by atoms with Gasteiger partial charge in [-0.3, -0.25) is 14.5 Å². The summed E-state index contributed by atoms with van der Waals surface area (Å²) < 4.78 is 4.87. The SMILES string of the molecule is O=C(CN1CCOC1=O)N1C[C@@H]2CC[C@H](C1)N(Cc1cscn1)C2=O. The lowest BCUT2D eigenvalue weighted by Crippen LogP contribution is -2.48. The largest absolute Gasteiger partial charge is 0.448 e. The maximum absolute atomic E-state index is 12.8. The highest BCUT2D eigenvalue weighted by atomic mass is 32.1. The van der Waals surface area contributed by atoms with Crippen molar-refractivity contribution >= 4 is 29.2 Å². The summed E-state index contributed by atoms with van der Waals surface area (Å²) in [6, 6.07) is 0.0161. The predicted molar refractivity (Wildman–Crippen MR) is 88.7 cm³/mol. The van der Waals surface area contributed by atoms with Crippen LogP contribution in [-0.4, -0.2) is 76.4 Å². The molecule has 3 amide bonds. The van der Waals surface area contributed by atoms with Crippen molar-refractivity contribution in [2.45, 2.75) is 25.4 Å². The number of amides is 3. The van der Waals surface area contributed by atoms with Gasteiger partial charge in [0, 0.05) is 24.5 Å². The van der Waals surface area contributed by atoms with E-state index < -0.39 is 6.09 Å². The van der Waals surface area contributed by atoms with Crippen molar-refractivity contribution in [3.05, 3.63) is 16.6 Å². The van der Waals surface area contributed by atoms with Gasteiger partial charge in [-0.2, -0.15) is 0 Å². The quantitative estimate of drug-likeness (QED) is 0.779. The number of hydrogen-bond acceptors (Lipinski definition) is 6. The van der Waals surface area contributed by atoms with E-state index in [4.69, 9.17) is 4.74 Å². The maximum atomic E-state index is 12.8. The first-order chi connectivity index (χ1) is 12.1. The van der Waals surface area contributed by atoms with Crippen LogP contribution in [0.2, 0.25) is 0 Å². The fraction of sp³-hybridized carbons (Fsp3) is 0.625. The Morgan fingerprint density at radius 1 is 1.32 bits per heavy atom. The minimum absolute atomic E-state index is 0.0161. The molecule has 0 aliphatic carbocycles. The van der Waals surface area contributed by atoms with Crippen LogP contribution < -0.4 is 0 Å². The van der Waals surface area contributed by atoms with Gasteiger partial charge in [0.2, 0.25) is 11.8 Å². The number of carbonyl (C=O) groups is 3. The first kappa shape index (κ1) is 16.3. The summed E-state index contributed by atoms with van der Waals surface area (Å²) in [5.74, 6) is -0.161. The molecule has 25 heavy (non-hydrogen) atoms. The molecule has 1 aromatic heterocycles. The number of fused-ring (bicyclic) bond motifs is 4. The second kappa shape index (κ2) is 6.62. The lowest BCUT2D eigenvalue weighted by atomic mass is 9.94. The average Bonchev–Trinajstić information content (AvgIpc) is 3.16. The number of hydrogen-bond donors (Lipinski definition) is 0. The summed E-state index contributed by atoms with van der Waals surface area (Å²) in [7, 11) is 0. The Balaban J connectivity index is 1.45. The van der Waals surface area contributed by atoms with E-state index in [1.54, 1.807) is 10.4 Å². The van der Waals surface area contributed by atoms with Crippen LogP contribution in [0.1, 0.15) is 18.5 Å². The van der Waals surface area contributed by atoms with Gasteiger partial charge in [0.05, 0.1) is 30.2 Å². The van der Waals surface area contributed by atoms with Crippen molar-refractivity contribution in [3.8, 4) is 0 Å². The molecule has 0 unspecified atom stereocenters. The molecule has 4 fully saturated rings. The minimum Gasteiger partial charge on any atom is -0.448 e. The molecular formula is C16H20N4O4S. The Morgan fingerprint density at radius 2 is 2.20 bits per heavy atom. The molecule has 1 aromatic rings. The second-order valence-electron chi connectivity index (χ2n) is 6.71. The van der Waals surface area contributed by atoms with Crippen molar-refractivity contribution in [2.24, 2.45) is 5.92 Å². The van der Waals surface area contributed by atoms with Crippen molar-refractivity contribution < 1.29 is 19.1 Å². The van der Waals surface area contributed by atoms with Gasteiger partial charge in [0.15, 0.2) is 0 Å². The number of aromatic nitrogens is 1. The van der Waals surface area contributed by atoms with Gasteiger partial charge in [-0.15, -0.1) is 11.3 Å². The van der Waals surface area contributed by atoms with E-state index in [0.29, 0.717) is 32.8 Å². The molecule has 4 saturated heterocycles. The standard InChI is InChI=1S/C16H20N4O4S/c21-14(8-18-3-4-24-16(18)23)19-5-11-1-2-13(7-19)20(15(11)22)6-12-9-25-10-17-12/h9-11,13H,1-8H2/t11-,13+/m0/s1. The highest BCUT2D eigenvalue weighted by Gasteiger charge is 2.42. The highest BCUT2D eigenvalue weighted by molar-refractivity contribution is 7.07. The van der Waals surface area contributed by atoms with Crippen molar-refractivity contribution in [3.63, 3.8) is 0 Å². The molecule has 5 rings (SSSR count). The molecule has 2 atom stereocenters.